The van der Waals surface area contributed by atoms with Crippen LogP contribution in [-0.4, -0.2) is 38.0 Å². The van der Waals surface area contributed by atoms with Gasteiger partial charge < -0.3 is 10.5 Å². The average Bonchev–Trinajstić information content (AvgIpc) is 3.03. The van der Waals surface area contributed by atoms with E-state index in [1.165, 1.54) is 10.8 Å². The lowest BCUT2D eigenvalue weighted by atomic mass is 10.3. The third-order valence-electron chi connectivity index (χ3n) is 3.20. The molecule has 8 nitrogen and oxygen atoms in total. The van der Waals surface area contributed by atoms with E-state index < -0.39 is 5.91 Å². The van der Waals surface area contributed by atoms with Crippen LogP contribution in [0.15, 0.2) is 40.4 Å². The van der Waals surface area contributed by atoms with Gasteiger partial charge in [0.15, 0.2) is 10.8 Å². The fourth-order valence-corrected chi connectivity index (χ4v) is 2.94. The number of hydrogen-bond donors (Lipinski definition) is 2. The molecule has 3 rings (SSSR count). The van der Waals surface area contributed by atoms with Crippen molar-refractivity contribution < 1.29 is 9.53 Å². The number of amides is 1. The summed E-state index contributed by atoms with van der Waals surface area (Å²) in [5.41, 5.74) is 5.91. The van der Waals surface area contributed by atoms with Crippen LogP contribution in [0.5, 0.6) is 5.75 Å². The van der Waals surface area contributed by atoms with Crippen LogP contribution in [-0.2, 0) is 4.79 Å². The van der Waals surface area contributed by atoms with E-state index in [0.717, 1.165) is 11.8 Å². The monoisotopic (exact) mass is 345 g/mol. The highest BCUT2D eigenvalue weighted by atomic mass is 32.2. The number of nitrogens with zero attached hydrogens (tertiary/aromatic N) is 3. The van der Waals surface area contributed by atoms with E-state index >= 15 is 0 Å². The number of benzene rings is 1. The zero-order chi connectivity index (χ0) is 17.1. The van der Waals surface area contributed by atoms with Crippen molar-refractivity contribution in [2.45, 2.75) is 12.1 Å². The Morgan fingerprint density at radius 2 is 2.12 bits per heavy atom. The van der Waals surface area contributed by atoms with Gasteiger partial charge in [-0.3, -0.25) is 19.3 Å². The van der Waals surface area contributed by atoms with E-state index in [9.17, 15) is 9.59 Å². The van der Waals surface area contributed by atoms with Crippen LogP contribution in [0, 0.1) is 0 Å². The molecule has 3 N–H and O–H groups in total. The van der Waals surface area contributed by atoms with Gasteiger partial charge in [-0.1, -0.05) is 11.8 Å². The summed E-state index contributed by atoms with van der Waals surface area (Å²) in [6.07, 6.45) is 1.43. The molecule has 24 heavy (non-hydrogen) atoms. The van der Waals surface area contributed by atoms with Crippen molar-refractivity contribution in [2.24, 2.45) is 5.73 Å². The highest BCUT2D eigenvalue weighted by Gasteiger charge is 2.15. The summed E-state index contributed by atoms with van der Waals surface area (Å²) in [6, 6.07) is 7.06. The molecule has 0 atom stereocenters. The zero-order valence-corrected chi connectivity index (χ0v) is 13.7. The Bertz CT molecular complexity index is 932. The molecule has 1 aromatic carbocycles. The Hall–Kier alpha value is -2.81. The maximum atomic E-state index is 12.8. The molecule has 0 unspecified atom stereocenters. The summed E-state index contributed by atoms with van der Waals surface area (Å²) in [5.74, 6) is 0.235. The largest absolute Gasteiger partial charge is 0.494 e. The van der Waals surface area contributed by atoms with Gasteiger partial charge in [-0.05, 0) is 31.2 Å². The number of primary amides is 1. The molecule has 9 heteroatoms. The van der Waals surface area contributed by atoms with E-state index in [1.807, 2.05) is 6.92 Å². The Kier molecular flexibility index (Phi) is 4.52. The molecule has 0 aliphatic carbocycles. The van der Waals surface area contributed by atoms with Crippen molar-refractivity contribution in [3.8, 4) is 11.4 Å². The lowest BCUT2D eigenvalue weighted by Crippen LogP contribution is -2.22. The lowest BCUT2D eigenvalue weighted by molar-refractivity contribution is -0.115. The molecule has 0 saturated carbocycles. The molecule has 3 aromatic rings. The van der Waals surface area contributed by atoms with Crippen molar-refractivity contribution >= 4 is 28.7 Å². The molecule has 0 aliphatic rings. The normalized spacial score (nSPS) is 10.9. The van der Waals surface area contributed by atoms with E-state index in [2.05, 4.69) is 15.2 Å². The zero-order valence-electron chi connectivity index (χ0n) is 12.9. The molecule has 1 amide bonds. The number of aromatic amines is 1. The number of carbonyl (C=O) groups excluding carboxylic acids is 1. The van der Waals surface area contributed by atoms with E-state index in [1.54, 1.807) is 24.3 Å². The number of hydrogen-bond acceptors (Lipinski definition) is 6. The first-order valence-electron chi connectivity index (χ1n) is 7.20. The lowest BCUT2D eigenvalue weighted by Gasteiger charge is -2.12. The number of rotatable bonds is 6. The second kappa shape index (κ2) is 6.75. The van der Waals surface area contributed by atoms with Crippen molar-refractivity contribution in [2.75, 3.05) is 12.4 Å². The first kappa shape index (κ1) is 16.1. The smallest absolute Gasteiger partial charge is 0.269 e. The van der Waals surface area contributed by atoms with Crippen LogP contribution >= 0.6 is 11.8 Å². The number of nitrogens with one attached hydrogen (secondary N) is 1. The molecular formula is C15H15N5O3S. The Morgan fingerprint density at radius 3 is 2.79 bits per heavy atom. The van der Waals surface area contributed by atoms with Gasteiger partial charge in [0.2, 0.25) is 5.91 Å². The van der Waals surface area contributed by atoms with Crippen LogP contribution in [0.25, 0.3) is 16.7 Å². The first-order chi connectivity index (χ1) is 11.6. The molecule has 0 saturated heterocycles. The number of fused-ring (bicyclic) bond motifs is 1. The highest BCUT2D eigenvalue weighted by molar-refractivity contribution is 7.99. The topological polar surface area (TPSA) is 116 Å². The quantitative estimate of drug-likeness (QED) is 0.510. The average molecular weight is 345 g/mol. The Labute approximate surface area is 141 Å². The molecular weight excluding hydrogens is 330 g/mol. The molecule has 0 radical (unpaired) electrons. The van der Waals surface area contributed by atoms with Crippen molar-refractivity contribution in [3.05, 3.63) is 40.8 Å². The number of carbonyl (C=O) groups is 1. The number of nitrogens with two attached hydrogens (primary N) is 1. The van der Waals surface area contributed by atoms with Crippen LogP contribution in [0.2, 0.25) is 0 Å². The SMILES string of the molecule is CCOc1ccc(-n2c(SCC(N)=O)nc3[nH]ncc3c2=O)cc1. The summed E-state index contributed by atoms with van der Waals surface area (Å²) >= 11 is 1.10. The molecule has 124 valence electrons. The molecule has 0 aliphatic heterocycles. The van der Waals surface area contributed by atoms with E-state index in [4.69, 9.17) is 10.5 Å². The fourth-order valence-electron chi connectivity index (χ4n) is 2.19. The summed E-state index contributed by atoms with van der Waals surface area (Å²) in [6.45, 7) is 2.45. The molecule has 2 aromatic heterocycles. The van der Waals surface area contributed by atoms with E-state index in [-0.39, 0.29) is 11.3 Å². The van der Waals surface area contributed by atoms with Gasteiger partial charge in [0.25, 0.3) is 5.56 Å². The predicted molar refractivity (Wildman–Crippen MR) is 90.6 cm³/mol. The number of ether oxygens (including phenoxy) is 1. The molecule has 0 spiro atoms. The van der Waals surface area contributed by atoms with Gasteiger partial charge in [0.05, 0.1) is 24.2 Å². The number of H-pyrrole nitrogens is 1. The van der Waals surface area contributed by atoms with Crippen molar-refractivity contribution in [3.63, 3.8) is 0 Å². The van der Waals surface area contributed by atoms with Gasteiger partial charge >= 0.3 is 0 Å². The third-order valence-corrected chi connectivity index (χ3v) is 4.16. The third kappa shape index (κ3) is 3.11. The van der Waals surface area contributed by atoms with Crippen LogP contribution in [0.4, 0.5) is 0 Å². The summed E-state index contributed by atoms with van der Waals surface area (Å²) in [7, 11) is 0. The Balaban J connectivity index is 2.12. The maximum Gasteiger partial charge on any atom is 0.269 e. The van der Waals surface area contributed by atoms with Gasteiger partial charge in [-0.15, -0.1) is 0 Å². The minimum Gasteiger partial charge on any atom is -0.494 e. The van der Waals surface area contributed by atoms with E-state index in [0.29, 0.717) is 34.2 Å². The number of thioether (sulfide) groups is 1. The minimum absolute atomic E-state index is 0.0170. The standard InChI is InChI=1S/C15H15N5O3S/c1-2-23-10-5-3-9(4-6-10)20-14(22)11-7-17-19-13(11)18-15(20)24-8-12(16)21/h3-7H,2,8H2,1H3,(H2,16,21)(H,17,19). The van der Waals surface area contributed by atoms with Gasteiger partial charge in [0, 0.05) is 0 Å². The summed E-state index contributed by atoms with van der Waals surface area (Å²) < 4.78 is 6.84. The Morgan fingerprint density at radius 1 is 1.38 bits per heavy atom. The van der Waals surface area contributed by atoms with Crippen molar-refractivity contribution in [1.29, 1.82) is 0 Å². The first-order valence-corrected chi connectivity index (χ1v) is 8.19. The summed E-state index contributed by atoms with van der Waals surface area (Å²) in [4.78, 5) is 28.2. The van der Waals surface area contributed by atoms with Gasteiger partial charge in [-0.25, -0.2) is 4.98 Å². The van der Waals surface area contributed by atoms with Crippen molar-refractivity contribution in [1.82, 2.24) is 19.7 Å². The molecule has 2 heterocycles. The van der Waals surface area contributed by atoms with Crippen LogP contribution in [0.3, 0.4) is 0 Å². The fraction of sp³-hybridized carbons (Fsp3) is 0.200. The molecule has 0 fully saturated rings. The molecule has 0 bridgehead atoms. The maximum absolute atomic E-state index is 12.8. The minimum atomic E-state index is -0.489. The highest BCUT2D eigenvalue weighted by Crippen LogP contribution is 2.22. The van der Waals surface area contributed by atoms with Crippen LogP contribution < -0.4 is 16.0 Å². The summed E-state index contributed by atoms with van der Waals surface area (Å²) in [5, 5.41) is 7.25. The van der Waals surface area contributed by atoms with Gasteiger partial charge in [-0.2, -0.15) is 5.10 Å². The van der Waals surface area contributed by atoms with Crippen LogP contribution in [0.1, 0.15) is 6.92 Å². The van der Waals surface area contributed by atoms with Gasteiger partial charge in [0.1, 0.15) is 11.1 Å². The predicted octanol–water partition coefficient (Wildman–Crippen LogP) is 1.08. The number of aromatic nitrogens is 4. The second-order valence-corrected chi connectivity index (χ2v) is 5.79. The second-order valence-electron chi connectivity index (χ2n) is 4.85.